The summed E-state index contributed by atoms with van der Waals surface area (Å²) in [6, 6.07) is 8.72. The van der Waals surface area contributed by atoms with Gasteiger partial charge in [-0.3, -0.25) is 0 Å². The first-order chi connectivity index (χ1) is 10.2. The van der Waals surface area contributed by atoms with Crippen LogP contribution >= 0.6 is 43.2 Å². The molecular formula is C16H19Br2NOS. The van der Waals surface area contributed by atoms with Gasteiger partial charge in [-0.2, -0.15) is 0 Å². The molecule has 2 aromatic rings. The van der Waals surface area contributed by atoms with Gasteiger partial charge in [0, 0.05) is 21.8 Å². The van der Waals surface area contributed by atoms with Gasteiger partial charge in [0.2, 0.25) is 0 Å². The number of nitrogens with one attached hydrogen (secondary N) is 1. The first-order valence-corrected chi connectivity index (χ1v) is 9.41. The van der Waals surface area contributed by atoms with Crippen LogP contribution in [-0.2, 0) is 6.42 Å². The van der Waals surface area contributed by atoms with E-state index in [2.05, 4.69) is 67.7 Å². The molecule has 0 fully saturated rings. The fourth-order valence-electron chi connectivity index (χ4n) is 2.18. The van der Waals surface area contributed by atoms with Crippen LogP contribution in [0.15, 0.2) is 38.6 Å². The van der Waals surface area contributed by atoms with Crippen molar-refractivity contribution in [1.82, 2.24) is 5.32 Å². The van der Waals surface area contributed by atoms with Crippen LogP contribution in [-0.4, -0.2) is 13.7 Å². The molecule has 0 aliphatic rings. The molecule has 1 N–H and O–H groups in total. The molecule has 0 aliphatic heterocycles. The van der Waals surface area contributed by atoms with Gasteiger partial charge in [-0.25, -0.2) is 0 Å². The second-order valence-corrected chi connectivity index (χ2v) is 7.51. The zero-order valence-corrected chi connectivity index (χ0v) is 16.1. The van der Waals surface area contributed by atoms with Gasteiger partial charge < -0.3 is 10.1 Å². The second-order valence-electron chi connectivity index (χ2n) is 4.80. The molecule has 114 valence electrons. The van der Waals surface area contributed by atoms with E-state index in [-0.39, 0.29) is 0 Å². The zero-order valence-electron chi connectivity index (χ0n) is 12.2. The van der Waals surface area contributed by atoms with E-state index in [0.717, 1.165) is 29.6 Å². The van der Waals surface area contributed by atoms with Crippen LogP contribution in [0.4, 0.5) is 0 Å². The highest BCUT2D eigenvalue weighted by molar-refractivity contribution is 9.10. The molecule has 1 heterocycles. The van der Waals surface area contributed by atoms with Crippen molar-refractivity contribution in [3.8, 4) is 5.75 Å². The van der Waals surface area contributed by atoms with Crippen LogP contribution in [0.1, 0.15) is 29.8 Å². The summed E-state index contributed by atoms with van der Waals surface area (Å²) < 4.78 is 7.51. The lowest BCUT2D eigenvalue weighted by atomic mass is 10.0. The van der Waals surface area contributed by atoms with Crippen molar-refractivity contribution in [1.29, 1.82) is 0 Å². The zero-order chi connectivity index (χ0) is 15.2. The molecule has 1 atom stereocenters. The molecule has 2 nitrogen and oxygen atoms in total. The molecule has 2 rings (SSSR count). The van der Waals surface area contributed by atoms with Crippen LogP contribution in [0.25, 0.3) is 0 Å². The van der Waals surface area contributed by atoms with E-state index in [0.29, 0.717) is 6.04 Å². The van der Waals surface area contributed by atoms with Crippen LogP contribution < -0.4 is 10.1 Å². The van der Waals surface area contributed by atoms with Gasteiger partial charge in [-0.05, 0) is 74.0 Å². The maximum Gasteiger partial charge on any atom is 0.133 e. The number of methoxy groups -OCH3 is 1. The van der Waals surface area contributed by atoms with E-state index in [9.17, 15) is 0 Å². The van der Waals surface area contributed by atoms with Crippen molar-refractivity contribution in [2.24, 2.45) is 0 Å². The van der Waals surface area contributed by atoms with Crippen LogP contribution in [0.3, 0.4) is 0 Å². The van der Waals surface area contributed by atoms with E-state index in [4.69, 9.17) is 4.74 Å². The SMILES string of the molecule is CCCNC(Cc1sccc1Br)c1ccc(OC)c(Br)c1. The summed E-state index contributed by atoms with van der Waals surface area (Å²) in [5, 5.41) is 5.77. The third-order valence-corrected chi connectivity index (χ3v) is 5.87. The summed E-state index contributed by atoms with van der Waals surface area (Å²) in [6.07, 6.45) is 2.11. The number of halogens is 2. The molecular weight excluding hydrogens is 414 g/mol. The molecule has 1 unspecified atom stereocenters. The van der Waals surface area contributed by atoms with Gasteiger partial charge >= 0.3 is 0 Å². The largest absolute Gasteiger partial charge is 0.496 e. The van der Waals surface area contributed by atoms with Gasteiger partial charge in [0.15, 0.2) is 0 Å². The maximum absolute atomic E-state index is 5.31. The van der Waals surface area contributed by atoms with Crippen molar-refractivity contribution in [3.05, 3.63) is 49.0 Å². The minimum Gasteiger partial charge on any atom is -0.496 e. The molecule has 0 spiro atoms. The maximum atomic E-state index is 5.31. The lowest BCUT2D eigenvalue weighted by Crippen LogP contribution is -2.24. The Morgan fingerprint density at radius 2 is 2.05 bits per heavy atom. The van der Waals surface area contributed by atoms with Gasteiger partial charge in [-0.1, -0.05) is 13.0 Å². The van der Waals surface area contributed by atoms with E-state index in [1.54, 1.807) is 18.4 Å². The predicted molar refractivity (Wildman–Crippen MR) is 97.5 cm³/mol. The number of rotatable bonds is 7. The van der Waals surface area contributed by atoms with Gasteiger partial charge in [0.25, 0.3) is 0 Å². The molecule has 0 saturated heterocycles. The minimum atomic E-state index is 0.308. The number of thiophene rings is 1. The summed E-state index contributed by atoms with van der Waals surface area (Å²) in [4.78, 5) is 1.37. The Labute approximate surface area is 147 Å². The molecule has 1 aromatic heterocycles. The van der Waals surface area contributed by atoms with E-state index >= 15 is 0 Å². The molecule has 21 heavy (non-hydrogen) atoms. The van der Waals surface area contributed by atoms with Crippen LogP contribution in [0.2, 0.25) is 0 Å². The van der Waals surface area contributed by atoms with E-state index < -0.39 is 0 Å². The van der Waals surface area contributed by atoms with Crippen LogP contribution in [0, 0.1) is 0 Å². The third kappa shape index (κ3) is 4.55. The average Bonchev–Trinajstić information content (AvgIpc) is 2.88. The molecule has 0 bridgehead atoms. The fourth-order valence-corrected chi connectivity index (χ4v) is 4.30. The quantitative estimate of drug-likeness (QED) is 0.617. The van der Waals surface area contributed by atoms with Crippen molar-refractivity contribution in [3.63, 3.8) is 0 Å². The summed E-state index contributed by atoms with van der Waals surface area (Å²) in [5.41, 5.74) is 1.27. The summed E-state index contributed by atoms with van der Waals surface area (Å²) in [5.74, 6) is 0.866. The topological polar surface area (TPSA) is 21.3 Å². The summed E-state index contributed by atoms with van der Waals surface area (Å²) in [7, 11) is 1.69. The predicted octanol–water partition coefficient (Wildman–Crippen LogP) is 5.57. The highest BCUT2D eigenvalue weighted by Crippen LogP contribution is 2.32. The molecule has 0 aliphatic carbocycles. The molecule has 0 amide bonds. The van der Waals surface area contributed by atoms with E-state index in [1.165, 1.54) is 14.9 Å². The molecule has 5 heteroatoms. The first kappa shape index (κ1) is 17.0. The highest BCUT2D eigenvalue weighted by atomic mass is 79.9. The minimum absolute atomic E-state index is 0.308. The van der Waals surface area contributed by atoms with E-state index in [1.807, 2.05) is 6.07 Å². The Bertz CT molecular complexity index is 585. The number of ether oxygens (including phenoxy) is 1. The Morgan fingerprint density at radius 1 is 1.24 bits per heavy atom. The lowest BCUT2D eigenvalue weighted by molar-refractivity contribution is 0.411. The standard InChI is InChI=1S/C16H19Br2NOS/c1-3-7-19-14(10-16-12(17)6-8-21-16)11-4-5-15(20-2)13(18)9-11/h4-6,8-9,14,19H,3,7,10H2,1-2H3. The Hall–Kier alpha value is -0.360. The first-order valence-electron chi connectivity index (χ1n) is 6.94. The molecule has 1 aromatic carbocycles. The Morgan fingerprint density at radius 3 is 2.62 bits per heavy atom. The lowest BCUT2D eigenvalue weighted by Gasteiger charge is -2.19. The normalized spacial score (nSPS) is 12.4. The summed E-state index contributed by atoms with van der Waals surface area (Å²) >= 11 is 9.00. The van der Waals surface area contributed by atoms with Crippen LogP contribution in [0.5, 0.6) is 5.75 Å². The molecule has 0 saturated carbocycles. The van der Waals surface area contributed by atoms with Gasteiger partial charge in [0.05, 0.1) is 11.6 Å². The van der Waals surface area contributed by atoms with Crippen molar-refractivity contribution >= 4 is 43.2 Å². The highest BCUT2D eigenvalue weighted by Gasteiger charge is 2.15. The summed E-state index contributed by atoms with van der Waals surface area (Å²) in [6.45, 7) is 3.20. The second kappa shape index (κ2) is 8.32. The van der Waals surface area contributed by atoms with Gasteiger partial charge in [0.1, 0.15) is 5.75 Å². The average molecular weight is 433 g/mol. The number of hydrogen-bond donors (Lipinski definition) is 1. The molecule has 0 radical (unpaired) electrons. The monoisotopic (exact) mass is 431 g/mol. The van der Waals surface area contributed by atoms with Crippen molar-refractivity contribution in [2.45, 2.75) is 25.8 Å². The Kier molecular flexibility index (Phi) is 6.74. The Balaban J connectivity index is 2.22. The number of benzene rings is 1. The number of hydrogen-bond acceptors (Lipinski definition) is 3. The fraction of sp³-hybridized carbons (Fsp3) is 0.375. The van der Waals surface area contributed by atoms with Crippen molar-refractivity contribution < 1.29 is 4.74 Å². The third-order valence-electron chi connectivity index (χ3n) is 3.30. The smallest absolute Gasteiger partial charge is 0.133 e. The van der Waals surface area contributed by atoms with Crippen molar-refractivity contribution in [2.75, 3.05) is 13.7 Å². The van der Waals surface area contributed by atoms with Gasteiger partial charge in [-0.15, -0.1) is 11.3 Å².